The molecule has 0 aliphatic rings. The summed E-state index contributed by atoms with van der Waals surface area (Å²) in [6, 6.07) is 9.69. The topological polar surface area (TPSA) is 54.7 Å². The highest BCUT2D eigenvalue weighted by Gasteiger charge is 2.04. The average molecular weight is 274 g/mol. The van der Waals surface area contributed by atoms with Crippen LogP contribution in [-0.2, 0) is 13.0 Å². The summed E-state index contributed by atoms with van der Waals surface area (Å²) in [5, 5.41) is 9.43. The normalized spacial score (nSPS) is 12.1. The Morgan fingerprint density at radius 1 is 1.42 bits per heavy atom. The summed E-state index contributed by atoms with van der Waals surface area (Å²) < 4.78 is 2.07. The van der Waals surface area contributed by atoms with E-state index in [4.69, 9.17) is 22.6 Å². The molecule has 1 atom stereocenters. The van der Waals surface area contributed by atoms with E-state index in [-0.39, 0.29) is 6.04 Å². The third kappa shape index (κ3) is 3.60. The summed E-state index contributed by atoms with van der Waals surface area (Å²) in [4.78, 5) is 0. The first-order valence-corrected chi connectivity index (χ1v) is 6.55. The van der Waals surface area contributed by atoms with E-state index in [1.165, 1.54) is 5.56 Å². The molecule has 0 fully saturated rings. The maximum Gasteiger partial charge on any atom is 0.0992 e. The zero-order valence-corrected chi connectivity index (χ0v) is 11.6. The zero-order valence-electron chi connectivity index (χ0n) is 10.8. The maximum absolute atomic E-state index is 8.80. The van der Waals surface area contributed by atoms with E-state index >= 15 is 0 Å². The standard InChI is InChI=1S/C15H16ClN3/c1-11(18)6-13-4-5-19(9-13)10-14-3-2-12(8-17)7-15(14)16/h2-5,7,9,11H,6,10,18H2,1H3. The monoisotopic (exact) mass is 273 g/mol. The fourth-order valence-corrected chi connectivity index (χ4v) is 2.26. The molecule has 1 aromatic heterocycles. The zero-order chi connectivity index (χ0) is 13.8. The van der Waals surface area contributed by atoms with Crippen LogP contribution in [0.25, 0.3) is 0 Å². The van der Waals surface area contributed by atoms with Crippen molar-refractivity contribution in [2.45, 2.75) is 25.9 Å². The van der Waals surface area contributed by atoms with Gasteiger partial charge in [-0.15, -0.1) is 0 Å². The number of hydrogen-bond donors (Lipinski definition) is 1. The number of nitriles is 1. The second-order valence-electron chi connectivity index (χ2n) is 4.79. The van der Waals surface area contributed by atoms with Gasteiger partial charge in [0.15, 0.2) is 0 Å². The van der Waals surface area contributed by atoms with Crippen molar-refractivity contribution in [1.29, 1.82) is 5.26 Å². The number of rotatable bonds is 4. The van der Waals surface area contributed by atoms with Crippen molar-refractivity contribution in [3.63, 3.8) is 0 Å². The van der Waals surface area contributed by atoms with Crippen LogP contribution in [-0.4, -0.2) is 10.6 Å². The Labute approximate surface area is 118 Å². The number of aromatic nitrogens is 1. The Morgan fingerprint density at radius 3 is 2.84 bits per heavy atom. The lowest BCUT2D eigenvalue weighted by Crippen LogP contribution is -2.17. The number of halogens is 1. The Morgan fingerprint density at radius 2 is 2.21 bits per heavy atom. The molecule has 4 heteroatoms. The number of hydrogen-bond acceptors (Lipinski definition) is 2. The molecule has 2 aromatic rings. The number of benzene rings is 1. The van der Waals surface area contributed by atoms with Crippen LogP contribution in [0.4, 0.5) is 0 Å². The van der Waals surface area contributed by atoms with Crippen molar-refractivity contribution in [3.05, 3.63) is 58.4 Å². The van der Waals surface area contributed by atoms with Crippen molar-refractivity contribution in [3.8, 4) is 6.07 Å². The molecular formula is C15H16ClN3. The molecule has 0 saturated heterocycles. The van der Waals surface area contributed by atoms with E-state index in [2.05, 4.69) is 22.9 Å². The van der Waals surface area contributed by atoms with Crippen LogP contribution in [0, 0.1) is 11.3 Å². The van der Waals surface area contributed by atoms with E-state index in [9.17, 15) is 0 Å². The largest absolute Gasteiger partial charge is 0.350 e. The summed E-state index contributed by atoms with van der Waals surface area (Å²) in [5.41, 5.74) is 8.59. The lowest BCUT2D eigenvalue weighted by molar-refractivity contribution is 0.732. The Hall–Kier alpha value is -1.76. The fourth-order valence-electron chi connectivity index (χ4n) is 2.02. The Kier molecular flexibility index (Phi) is 4.26. The number of nitrogens with two attached hydrogens (primary N) is 1. The van der Waals surface area contributed by atoms with Gasteiger partial charge in [-0.25, -0.2) is 0 Å². The molecule has 1 heterocycles. The molecule has 0 aliphatic carbocycles. The van der Waals surface area contributed by atoms with Crippen molar-refractivity contribution >= 4 is 11.6 Å². The van der Waals surface area contributed by atoms with Crippen LogP contribution in [0.5, 0.6) is 0 Å². The van der Waals surface area contributed by atoms with Gasteiger partial charge in [-0.05, 0) is 42.7 Å². The van der Waals surface area contributed by atoms with Crippen molar-refractivity contribution in [2.24, 2.45) is 5.73 Å². The van der Waals surface area contributed by atoms with Gasteiger partial charge in [0, 0.05) is 30.0 Å². The van der Waals surface area contributed by atoms with E-state index in [1.807, 2.05) is 19.2 Å². The van der Waals surface area contributed by atoms with Gasteiger partial charge in [-0.1, -0.05) is 17.7 Å². The maximum atomic E-state index is 8.80. The minimum absolute atomic E-state index is 0.161. The van der Waals surface area contributed by atoms with Crippen LogP contribution >= 0.6 is 11.6 Å². The first-order valence-electron chi connectivity index (χ1n) is 6.17. The highest BCUT2D eigenvalue weighted by atomic mass is 35.5. The molecule has 0 saturated carbocycles. The second-order valence-corrected chi connectivity index (χ2v) is 5.20. The Balaban J connectivity index is 2.13. The molecule has 0 spiro atoms. The van der Waals surface area contributed by atoms with Crippen molar-refractivity contribution in [2.75, 3.05) is 0 Å². The summed E-state index contributed by atoms with van der Waals surface area (Å²) in [5.74, 6) is 0. The lowest BCUT2D eigenvalue weighted by atomic mass is 10.1. The van der Waals surface area contributed by atoms with Gasteiger partial charge in [0.25, 0.3) is 0 Å². The Bertz CT molecular complexity index is 608. The highest BCUT2D eigenvalue weighted by Crippen LogP contribution is 2.19. The van der Waals surface area contributed by atoms with Crippen LogP contribution in [0.1, 0.15) is 23.6 Å². The minimum Gasteiger partial charge on any atom is -0.350 e. The second kappa shape index (κ2) is 5.92. The van der Waals surface area contributed by atoms with Gasteiger partial charge >= 0.3 is 0 Å². The SMILES string of the molecule is CC(N)Cc1ccn(Cc2ccc(C#N)cc2Cl)c1. The smallest absolute Gasteiger partial charge is 0.0992 e. The van der Waals surface area contributed by atoms with E-state index in [0.29, 0.717) is 17.1 Å². The minimum atomic E-state index is 0.161. The van der Waals surface area contributed by atoms with Crippen LogP contribution in [0.15, 0.2) is 36.7 Å². The third-order valence-corrected chi connectivity index (χ3v) is 3.26. The molecule has 3 nitrogen and oxygen atoms in total. The van der Waals surface area contributed by atoms with Gasteiger partial charge in [-0.3, -0.25) is 0 Å². The van der Waals surface area contributed by atoms with E-state index < -0.39 is 0 Å². The molecule has 2 N–H and O–H groups in total. The summed E-state index contributed by atoms with van der Waals surface area (Å²) in [7, 11) is 0. The average Bonchev–Trinajstić information content (AvgIpc) is 2.78. The van der Waals surface area contributed by atoms with Crippen LogP contribution < -0.4 is 5.73 Å². The molecule has 0 bridgehead atoms. The van der Waals surface area contributed by atoms with Gasteiger partial charge in [0.2, 0.25) is 0 Å². The van der Waals surface area contributed by atoms with Gasteiger partial charge in [-0.2, -0.15) is 5.26 Å². The predicted octanol–water partition coefficient (Wildman–Crippen LogP) is 2.95. The van der Waals surface area contributed by atoms with Crippen LogP contribution in [0.2, 0.25) is 5.02 Å². The summed E-state index contributed by atoms with van der Waals surface area (Å²) in [6.07, 6.45) is 4.97. The van der Waals surface area contributed by atoms with Gasteiger partial charge < -0.3 is 10.3 Å². The van der Waals surface area contributed by atoms with E-state index in [1.54, 1.807) is 12.1 Å². The van der Waals surface area contributed by atoms with E-state index in [0.717, 1.165) is 12.0 Å². The molecule has 0 radical (unpaired) electrons. The molecule has 1 unspecified atom stereocenters. The summed E-state index contributed by atoms with van der Waals surface area (Å²) >= 11 is 6.16. The molecule has 0 aliphatic heterocycles. The van der Waals surface area contributed by atoms with Gasteiger partial charge in [0.1, 0.15) is 0 Å². The molecule has 1 aromatic carbocycles. The van der Waals surface area contributed by atoms with Crippen LogP contribution in [0.3, 0.4) is 0 Å². The molecular weight excluding hydrogens is 258 g/mol. The number of nitrogens with zero attached hydrogens (tertiary/aromatic N) is 2. The molecule has 2 rings (SSSR count). The molecule has 19 heavy (non-hydrogen) atoms. The highest BCUT2D eigenvalue weighted by molar-refractivity contribution is 6.31. The molecule has 98 valence electrons. The van der Waals surface area contributed by atoms with Gasteiger partial charge in [0.05, 0.1) is 11.6 Å². The first-order chi connectivity index (χ1) is 9.08. The first kappa shape index (κ1) is 13.7. The summed E-state index contributed by atoms with van der Waals surface area (Å²) in [6.45, 7) is 2.69. The van der Waals surface area contributed by atoms with Crippen molar-refractivity contribution < 1.29 is 0 Å². The third-order valence-electron chi connectivity index (χ3n) is 2.90. The molecule has 0 amide bonds. The quantitative estimate of drug-likeness (QED) is 0.931. The fraction of sp³-hybridized carbons (Fsp3) is 0.267. The predicted molar refractivity (Wildman–Crippen MR) is 77.1 cm³/mol. The van der Waals surface area contributed by atoms with Crippen molar-refractivity contribution in [1.82, 2.24) is 4.57 Å². The lowest BCUT2D eigenvalue weighted by Gasteiger charge is -2.06.